The van der Waals surface area contributed by atoms with E-state index in [4.69, 9.17) is 0 Å². The predicted molar refractivity (Wildman–Crippen MR) is 187 cm³/mol. The molecule has 8 heteroatoms. The highest BCUT2D eigenvalue weighted by Crippen LogP contribution is 2.39. The molecule has 0 amide bonds. The third-order valence-electron chi connectivity index (χ3n) is 6.61. The van der Waals surface area contributed by atoms with E-state index in [9.17, 15) is 0 Å². The number of thiazole rings is 1. The van der Waals surface area contributed by atoms with E-state index in [1.165, 1.54) is 51.6 Å². The average Bonchev–Trinajstić information content (AvgIpc) is 3.32. The highest BCUT2D eigenvalue weighted by atomic mass is 32.2. The number of hydrogen-bond acceptors (Lipinski definition) is 7. The summed E-state index contributed by atoms with van der Waals surface area (Å²) in [7, 11) is 0. The number of anilines is 1. The van der Waals surface area contributed by atoms with Gasteiger partial charge in [0.1, 0.15) is 4.70 Å². The molecule has 0 unspecified atom stereocenters. The van der Waals surface area contributed by atoms with Crippen LogP contribution >= 0.6 is 71.0 Å². The first-order chi connectivity index (χ1) is 19.1. The lowest BCUT2D eigenvalue weighted by Gasteiger charge is -2.22. The number of rotatable bonds is 13. The van der Waals surface area contributed by atoms with Gasteiger partial charge in [-0.2, -0.15) is 17.2 Å². The summed E-state index contributed by atoms with van der Waals surface area (Å²) in [6.45, 7) is 7.36. The summed E-state index contributed by atoms with van der Waals surface area (Å²) in [5.74, 6) is 1.76. The van der Waals surface area contributed by atoms with Crippen molar-refractivity contribution in [2.45, 2.75) is 40.8 Å². The smallest absolute Gasteiger partial charge is 0.276 e. The molecule has 206 valence electrons. The van der Waals surface area contributed by atoms with Gasteiger partial charge < -0.3 is 4.90 Å². The van der Waals surface area contributed by atoms with Crippen LogP contribution in [0.5, 0.6) is 0 Å². The van der Waals surface area contributed by atoms with Gasteiger partial charge in [0.15, 0.2) is 6.54 Å². The summed E-state index contributed by atoms with van der Waals surface area (Å²) in [6.07, 6.45) is 8.93. The molecule has 2 nitrogen and oxygen atoms in total. The monoisotopic (exact) mass is 629 g/mol. The molecule has 0 radical (unpaired) electrons. The van der Waals surface area contributed by atoms with Crippen LogP contribution in [0.1, 0.15) is 30.0 Å². The Morgan fingerprint density at radius 1 is 0.923 bits per heavy atom. The summed E-state index contributed by atoms with van der Waals surface area (Å²) in [6, 6.07) is 22.5. The van der Waals surface area contributed by atoms with Crippen molar-refractivity contribution < 1.29 is 4.57 Å². The van der Waals surface area contributed by atoms with Crippen LogP contribution in [0.3, 0.4) is 0 Å². The van der Waals surface area contributed by atoms with E-state index >= 15 is 0 Å². The predicted octanol–water partition coefficient (Wildman–Crippen LogP) is 9.56. The Bertz CT molecular complexity index is 1410. The molecule has 1 heterocycles. The van der Waals surface area contributed by atoms with Crippen molar-refractivity contribution in [3.8, 4) is 0 Å². The fourth-order valence-electron chi connectivity index (χ4n) is 4.55. The molecule has 0 fully saturated rings. The molecular formula is C31H37N2S6+. The summed E-state index contributed by atoms with van der Waals surface area (Å²) < 4.78 is 3.81. The van der Waals surface area contributed by atoms with Gasteiger partial charge in [-0.15, -0.1) is 47.0 Å². The lowest BCUT2D eigenvalue weighted by atomic mass is 10.1. The molecule has 0 aliphatic rings. The fraction of sp³-hybridized carbons (Fsp3) is 0.323. The average molecular weight is 630 g/mol. The molecule has 4 rings (SSSR count). The first-order valence-corrected chi connectivity index (χ1v) is 19.2. The second kappa shape index (κ2) is 15.2. The van der Waals surface area contributed by atoms with Crippen LogP contribution in [0.2, 0.25) is 0 Å². The van der Waals surface area contributed by atoms with Gasteiger partial charge in [-0.1, -0.05) is 47.7 Å². The van der Waals surface area contributed by atoms with Gasteiger partial charge in [-0.3, -0.25) is 0 Å². The lowest BCUT2D eigenvalue weighted by Crippen LogP contribution is -2.36. The van der Waals surface area contributed by atoms with Crippen molar-refractivity contribution in [1.82, 2.24) is 0 Å². The minimum absolute atomic E-state index is 0.806. The van der Waals surface area contributed by atoms with Crippen LogP contribution in [-0.2, 0) is 12.3 Å². The molecule has 0 aliphatic carbocycles. The van der Waals surface area contributed by atoms with E-state index in [-0.39, 0.29) is 0 Å². The van der Waals surface area contributed by atoms with Crippen LogP contribution in [-0.4, -0.2) is 37.6 Å². The van der Waals surface area contributed by atoms with Gasteiger partial charge in [-0.25, -0.2) is 0 Å². The van der Waals surface area contributed by atoms with Crippen LogP contribution in [0.15, 0.2) is 75.4 Å². The number of aromatic nitrogens is 1. The Kier molecular flexibility index (Phi) is 12.0. The number of benzene rings is 3. The van der Waals surface area contributed by atoms with Crippen molar-refractivity contribution in [2.75, 3.05) is 42.5 Å². The summed E-state index contributed by atoms with van der Waals surface area (Å²) >= 11 is 13.9. The topological polar surface area (TPSA) is 7.12 Å². The zero-order chi connectivity index (χ0) is 27.8. The van der Waals surface area contributed by atoms with Crippen LogP contribution in [0.25, 0.3) is 21.2 Å². The Balaban J connectivity index is 1.82. The second-order valence-corrected chi connectivity index (χ2v) is 13.9. The molecule has 0 N–H and O–H groups in total. The Morgan fingerprint density at radius 2 is 1.64 bits per heavy atom. The number of fused-ring (bicyclic) bond motifs is 1. The highest BCUT2D eigenvalue weighted by Gasteiger charge is 2.25. The molecular weight excluding hydrogens is 593 g/mol. The second-order valence-electron chi connectivity index (χ2n) is 8.84. The largest absolute Gasteiger partial charge is 0.372 e. The molecule has 0 saturated heterocycles. The minimum atomic E-state index is 0.806. The molecule has 0 saturated carbocycles. The number of aryl methyl sites for hydroxylation is 1. The molecule has 0 aliphatic heterocycles. The number of thiol groups is 1. The molecule has 0 spiro atoms. The fourth-order valence-corrected chi connectivity index (χ4v) is 9.35. The molecule has 0 bridgehead atoms. The maximum atomic E-state index is 4.63. The van der Waals surface area contributed by atoms with Gasteiger partial charge in [-0.05, 0) is 68.0 Å². The van der Waals surface area contributed by atoms with Crippen molar-refractivity contribution >= 4 is 97.9 Å². The molecule has 3 aromatic carbocycles. The van der Waals surface area contributed by atoms with Crippen LogP contribution in [0.4, 0.5) is 5.69 Å². The summed E-state index contributed by atoms with van der Waals surface area (Å²) in [4.78, 5) is 7.74. The summed E-state index contributed by atoms with van der Waals surface area (Å²) in [5, 5.41) is 1.31. The standard InChI is InChI=1S/C31H36N2S6/c1-6-32(7-2)24-14-13-23(26(18-24)38-21-22-11-9-8-10-12-22)17-30(37-5)31-33(15-16-34)25-19-28(35-3)29(36-4)20-27(25)39-31/h8-14,17-20H,6-7,15-16,21H2,1-5H3/p+1. The normalized spacial score (nSPS) is 11.9. The number of hydrogen-bond donors (Lipinski definition) is 1. The first kappa shape index (κ1) is 30.8. The van der Waals surface area contributed by atoms with E-state index in [2.05, 4.69) is 121 Å². The maximum absolute atomic E-state index is 4.63. The third-order valence-corrected chi connectivity index (χ3v) is 11.7. The van der Waals surface area contributed by atoms with Crippen molar-refractivity contribution in [3.63, 3.8) is 0 Å². The first-order valence-electron chi connectivity index (χ1n) is 13.1. The van der Waals surface area contributed by atoms with Gasteiger partial charge in [0.2, 0.25) is 5.52 Å². The van der Waals surface area contributed by atoms with Gasteiger partial charge in [0.05, 0.1) is 4.91 Å². The van der Waals surface area contributed by atoms with E-state index in [0.717, 1.165) is 31.1 Å². The Labute approximate surface area is 260 Å². The van der Waals surface area contributed by atoms with Gasteiger partial charge in [0.25, 0.3) is 5.01 Å². The quantitative estimate of drug-likeness (QED) is 0.0892. The lowest BCUT2D eigenvalue weighted by molar-refractivity contribution is -0.664. The third kappa shape index (κ3) is 7.38. The van der Waals surface area contributed by atoms with Crippen molar-refractivity contribution in [3.05, 3.63) is 76.8 Å². The minimum Gasteiger partial charge on any atom is -0.372 e. The molecule has 39 heavy (non-hydrogen) atoms. The van der Waals surface area contributed by atoms with Crippen LogP contribution < -0.4 is 9.47 Å². The molecule has 4 aromatic rings. The Morgan fingerprint density at radius 3 is 2.28 bits per heavy atom. The zero-order valence-electron chi connectivity index (χ0n) is 23.3. The number of nitrogens with zero attached hydrogens (tertiary/aromatic N) is 2. The molecule has 1 aromatic heterocycles. The zero-order valence-corrected chi connectivity index (χ0v) is 28.2. The van der Waals surface area contributed by atoms with Crippen LogP contribution in [0, 0.1) is 0 Å². The molecule has 0 atom stereocenters. The summed E-state index contributed by atoms with van der Waals surface area (Å²) in [5.41, 5.74) is 5.23. The SMILES string of the molecule is CCN(CC)c1ccc(/C=C(\SC)c2sc3cc(SC)c(SC)cc3[n+]2CCS)c(SCc2ccccc2)c1. The highest BCUT2D eigenvalue weighted by molar-refractivity contribution is 8.08. The van der Waals surface area contributed by atoms with E-state index in [0.29, 0.717) is 0 Å². The van der Waals surface area contributed by atoms with Gasteiger partial charge >= 0.3 is 0 Å². The van der Waals surface area contributed by atoms with E-state index in [1.807, 2.05) is 58.4 Å². The van der Waals surface area contributed by atoms with E-state index < -0.39 is 0 Å². The maximum Gasteiger partial charge on any atom is 0.276 e. The van der Waals surface area contributed by atoms with Crippen molar-refractivity contribution in [1.29, 1.82) is 0 Å². The number of thioether (sulfide) groups is 4. The van der Waals surface area contributed by atoms with Crippen molar-refractivity contribution in [2.24, 2.45) is 0 Å². The Hall–Kier alpha value is -1.16. The van der Waals surface area contributed by atoms with E-state index in [1.54, 1.807) is 0 Å². The van der Waals surface area contributed by atoms with Gasteiger partial charge in [0, 0.05) is 51.0 Å².